The number of hydrogen-bond donors (Lipinski definition) is 2. The second-order valence-electron chi connectivity index (χ2n) is 5.53. The predicted octanol–water partition coefficient (Wildman–Crippen LogP) is 3.08. The smallest absolute Gasteiger partial charge is 0.119 e. The Balaban J connectivity index is 1.93. The number of unbranched alkanes of at least 4 members (excludes halogenated alkanes) is 1. The average molecular weight is 277 g/mol. The molecule has 1 aliphatic rings. The Labute approximate surface area is 122 Å². The first kappa shape index (κ1) is 15.3. The zero-order valence-electron chi connectivity index (χ0n) is 12.5. The first-order valence-electron chi connectivity index (χ1n) is 7.92. The van der Waals surface area contributed by atoms with Gasteiger partial charge in [-0.15, -0.1) is 0 Å². The van der Waals surface area contributed by atoms with Gasteiger partial charge in [0.25, 0.3) is 0 Å². The van der Waals surface area contributed by atoms with Crippen LogP contribution < -0.4 is 10.1 Å². The maximum absolute atomic E-state index is 8.83. The van der Waals surface area contributed by atoms with E-state index in [9.17, 15) is 0 Å². The summed E-state index contributed by atoms with van der Waals surface area (Å²) >= 11 is 0. The lowest BCUT2D eigenvalue weighted by Crippen LogP contribution is -2.32. The van der Waals surface area contributed by atoms with Crippen molar-refractivity contribution in [3.63, 3.8) is 0 Å². The Hall–Kier alpha value is -1.06. The van der Waals surface area contributed by atoms with Gasteiger partial charge in [-0.25, -0.2) is 0 Å². The Bertz CT molecular complexity index is 394. The van der Waals surface area contributed by atoms with Gasteiger partial charge in [0.05, 0.1) is 6.61 Å². The summed E-state index contributed by atoms with van der Waals surface area (Å²) in [5.74, 6) is 1.58. The molecular weight excluding hydrogens is 250 g/mol. The van der Waals surface area contributed by atoms with E-state index >= 15 is 0 Å². The van der Waals surface area contributed by atoms with Crippen LogP contribution in [0.4, 0.5) is 0 Å². The predicted molar refractivity (Wildman–Crippen MR) is 82.3 cm³/mol. The Morgan fingerprint density at radius 1 is 1.30 bits per heavy atom. The molecule has 3 nitrogen and oxygen atoms in total. The molecule has 112 valence electrons. The monoisotopic (exact) mass is 277 g/mol. The highest BCUT2D eigenvalue weighted by Gasteiger charge is 2.28. The van der Waals surface area contributed by atoms with E-state index in [1.54, 1.807) is 0 Å². The van der Waals surface area contributed by atoms with Crippen LogP contribution in [0, 0.1) is 0 Å². The second kappa shape index (κ2) is 8.28. The highest BCUT2D eigenvalue weighted by atomic mass is 16.5. The number of aliphatic hydroxyl groups is 1. The average Bonchev–Trinajstić information content (AvgIpc) is 2.93. The Morgan fingerprint density at radius 3 is 3.00 bits per heavy atom. The van der Waals surface area contributed by atoms with Crippen molar-refractivity contribution in [1.29, 1.82) is 0 Å². The standard InChI is InChI=1S/C17H27NO2/c1-2-20-15-8-5-7-14(13-15)16-9-6-10-17(16)18-11-3-4-12-19/h5,7-8,13,16-19H,2-4,6,9-12H2,1H3. The van der Waals surface area contributed by atoms with Crippen LogP contribution in [-0.2, 0) is 0 Å². The van der Waals surface area contributed by atoms with Crippen LogP contribution in [0.15, 0.2) is 24.3 Å². The normalized spacial score (nSPS) is 22.1. The van der Waals surface area contributed by atoms with Crippen LogP contribution in [0.5, 0.6) is 5.75 Å². The van der Waals surface area contributed by atoms with Crippen LogP contribution in [0.1, 0.15) is 50.5 Å². The fourth-order valence-electron chi connectivity index (χ4n) is 3.13. The fraction of sp³-hybridized carbons (Fsp3) is 0.647. The second-order valence-corrected chi connectivity index (χ2v) is 5.53. The molecule has 1 aliphatic carbocycles. The lowest BCUT2D eigenvalue weighted by Gasteiger charge is -2.22. The van der Waals surface area contributed by atoms with E-state index in [0.29, 0.717) is 18.6 Å². The highest BCUT2D eigenvalue weighted by Crippen LogP contribution is 2.35. The lowest BCUT2D eigenvalue weighted by atomic mass is 9.94. The zero-order valence-corrected chi connectivity index (χ0v) is 12.5. The van der Waals surface area contributed by atoms with E-state index in [1.807, 2.05) is 13.0 Å². The summed E-state index contributed by atoms with van der Waals surface area (Å²) in [4.78, 5) is 0. The van der Waals surface area contributed by atoms with E-state index in [4.69, 9.17) is 9.84 Å². The molecule has 0 heterocycles. The van der Waals surface area contributed by atoms with E-state index < -0.39 is 0 Å². The van der Waals surface area contributed by atoms with Crippen LogP contribution in [0.3, 0.4) is 0 Å². The molecule has 1 aromatic rings. The van der Waals surface area contributed by atoms with Gasteiger partial charge in [-0.3, -0.25) is 0 Å². The summed E-state index contributed by atoms with van der Waals surface area (Å²) in [5, 5.41) is 12.5. The summed E-state index contributed by atoms with van der Waals surface area (Å²) in [7, 11) is 0. The highest BCUT2D eigenvalue weighted by molar-refractivity contribution is 5.32. The van der Waals surface area contributed by atoms with Crippen molar-refractivity contribution in [2.45, 2.75) is 51.0 Å². The van der Waals surface area contributed by atoms with Gasteiger partial charge in [0.2, 0.25) is 0 Å². The SMILES string of the molecule is CCOc1cccc(C2CCCC2NCCCCO)c1. The fourth-order valence-corrected chi connectivity index (χ4v) is 3.13. The molecule has 2 atom stereocenters. The number of ether oxygens (including phenoxy) is 1. The molecule has 0 spiro atoms. The Morgan fingerprint density at radius 2 is 2.20 bits per heavy atom. The molecule has 1 fully saturated rings. The number of benzene rings is 1. The molecule has 0 aromatic heterocycles. The molecule has 0 radical (unpaired) electrons. The van der Waals surface area contributed by atoms with Gasteiger partial charge in [-0.05, 0) is 62.8 Å². The van der Waals surface area contributed by atoms with E-state index in [2.05, 4.69) is 23.5 Å². The largest absolute Gasteiger partial charge is 0.494 e. The van der Waals surface area contributed by atoms with Gasteiger partial charge in [0.1, 0.15) is 5.75 Å². The van der Waals surface area contributed by atoms with Gasteiger partial charge < -0.3 is 15.2 Å². The first-order valence-corrected chi connectivity index (χ1v) is 7.92. The van der Waals surface area contributed by atoms with Gasteiger partial charge >= 0.3 is 0 Å². The number of rotatable bonds is 8. The van der Waals surface area contributed by atoms with Crippen LogP contribution in [0.2, 0.25) is 0 Å². The van der Waals surface area contributed by atoms with Crippen molar-refractivity contribution in [2.24, 2.45) is 0 Å². The number of hydrogen-bond acceptors (Lipinski definition) is 3. The molecule has 0 amide bonds. The van der Waals surface area contributed by atoms with Crippen LogP contribution in [-0.4, -0.2) is 30.9 Å². The summed E-state index contributed by atoms with van der Waals surface area (Å²) in [6.45, 7) is 4.05. The molecule has 20 heavy (non-hydrogen) atoms. The topological polar surface area (TPSA) is 41.5 Å². The van der Waals surface area contributed by atoms with Crippen LogP contribution in [0.25, 0.3) is 0 Å². The van der Waals surface area contributed by atoms with Gasteiger partial charge in [0.15, 0.2) is 0 Å². The van der Waals surface area contributed by atoms with Crippen molar-refractivity contribution in [3.8, 4) is 5.75 Å². The first-order chi connectivity index (χ1) is 9.85. The van der Waals surface area contributed by atoms with Crippen molar-refractivity contribution < 1.29 is 9.84 Å². The minimum Gasteiger partial charge on any atom is -0.494 e. The van der Waals surface area contributed by atoms with E-state index in [-0.39, 0.29) is 0 Å². The summed E-state index contributed by atoms with van der Waals surface area (Å²) in [6, 6.07) is 9.13. The Kier molecular flexibility index (Phi) is 6.34. The van der Waals surface area contributed by atoms with Crippen molar-refractivity contribution in [2.75, 3.05) is 19.8 Å². The summed E-state index contributed by atoms with van der Waals surface area (Å²) < 4.78 is 5.61. The number of nitrogens with one attached hydrogen (secondary N) is 1. The molecular formula is C17H27NO2. The molecule has 3 heteroatoms. The molecule has 2 rings (SSSR count). The molecule has 1 saturated carbocycles. The van der Waals surface area contributed by atoms with E-state index in [1.165, 1.54) is 24.8 Å². The quantitative estimate of drug-likeness (QED) is 0.718. The third-order valence-corrected chi connectivity index (χ3v) is 4.10. The van der Waals surface area contributed by atoms with Gasteiger partial charge in [0, 0.05) is 12.6 Å². The minimum absolute atomic E-state index is 0.298. The molecule has 2 unspecified atom stereocenters. The van der Waals surface area contributed by atoms with Crippen molar-refractivity contribution in [1.82, 2.24) is 5.32 Å². The molecule has 1 aromatic carbocycles. The number of aliphatic hydroxyl groups excluding tert-OH is 1. The maximum Gasteiger partial charge on any atom is 0.119 e. The maximum atomic E-state index is 8.83. The van der Waals surface area contributed by atoms with E-state index in [0.717, 1.165) is 31.7 Å². The van der Waals surface area contributed by atoms with Crippen molar-refractivity contribution >= 4 is 0 Å². The van der Waals surface area contributed by atoms with Gasteiger partial charge in [-0.1, -0.05) is 18.6 Å². The molecule has 0 saturated heterocycles. The summed E-state index contributed by atoms with van der Waals surface area (Å²) in [5.41, 5.74) is 1.40. The molecule has 0 bridgehead atoms. The molecule has 2 N–H and O–H groups in total. The third kappa shape index (κ3) is 4.22. The van der Waals surface area contributed by atoms with Crippen molar-refractivity contribution in [3.05, 3.63) is 29.8 Å². The lowest BCUT2D eigenvalue weighted by molar-refractivity contribution is 0.282. The third-order valence-electron chi connectivity index (χ3n) is 4.10. The summed E-state index contributed by atoms with van der Waals surface area (Å²) in [6.07, 6.45) is 5.75. The minimum atomic E-state index is 0.298. The zero-order chi connectivity index (χ0) is 14.2. The van der Waals surface area contributed by atoms with Gasteiger partial charge in [-0.2, -0.15) is 0 Å². The van der Waals surface area contributed by atoms with Crippen LogP contribution >= 0.6 is 0 Å². The molecule has 0 aliphatic heterocycles.